The minimum atomic E-state index is 0.194. The molecule has 2 saturated heterocycles. The van der Waals surface area contributed by atoms with Crippen LogP contribution in [0.5, 0.6) is 0 Å². The van der Waals surface area contributed by atoms with Gasteiger partial charge < -0.3 is 9.64 Å². The van der Waals surface area contributed by atoms with Gasteiger partial charge >= 0.3 is 0 Å². The van der Waals surface area contributed by atoms with Crippen LogP contribution in [0.2, 0.25) is 0 Å². The molecule has 0 atom stereocenters. The second-order valence-corrected chi connectivity index (χ2v) is 8.14. The molecule has 126 valence electrons. The van der Waals surface area contributed by atoms with Crippen LogP contribution in [0.15, 0.2) is 16.8 Å². The minimum absolute atomic E-state index is 0.194. The summed E-state index contributed by atoms with van der Waals surface area (Å²) >= 11 is 1.66. The Morgan fingerprint density at radius 1 is 1.30 bits per heavy atom. The molecule has 0 N–H and O–H groups in total. The summed E-state index contributed by atoms with van der Waals surface area (Å²) in [5.41, 5.74) is 1.34. The van der Waals surface area contributed by atoms with E-state index in [9.17, 15) is 4.79 Å². The molecule has 5 heteroatoms. The van der Waals surface area contributed by atoms with Gasteiger partial charge in [0.1, 0.15) is 0 Å². The van der Waals surface area contributed by atoms with Gasteiger partial charge in [0.2, 0.25) is 5.91 Å². The average Bonchev–Trinajstić information content (AvgIpc) is 3.24. The van der Waals surface area contributed by atoms with Crippen molar-refractivity contribution in [3.8, 4) is 0 Å². The standard InChI is InChI=1S/C18H26N2O2S/c21-17(11-16-3-10-23-13-16)19-6-4-18(5-7-19)14-22-9-8-20(18)12-15-1-2-15/h3,10,13,15H,1-2,4-9,11-12,14H2. The van der Waals surface area contributed by atoms with Gasteiger partial charge in [-0.25, -0.2) is 0 Å². The number of ether oxygens (including phenoxy) is 1. The van der Waals surface area contributed by atoms with E-state index in [1.807, 2.05) is 5.38 Å². The van der Waals surface area contributed by atoms with Gasteiger partial charge in [0, 0.05) is 31.7 Å². The second-order valence-electron chi connectivity index (χ2n) is 7.36. The van der Waals surface area contributed by atoms with Crippen LogP contribution in [0.1, 0.15) is 31.2 Å². The Morgan fingerprint density at radius 3 is 2.83 bits per heavy atom. The lowest BCUT2D eigenvalue weighted by molar-refractivity contribution is -0.138. The van der Waals surface area contributed by atoms with Crippen LogP contribution in [0, 0.1) is 5.92 Å². The smallest absolute Gasteiger partial charge is 0.227 e. The highest BCUT2D eigenvalue weighted by molar-refractivity contribution is 7.07. The van der Waals surface area contributed by atoms with Crippen LogP contribution in [0.4, 0.5) is 0 Å². The molecule has 1 spiro atoms. The number of piperidine rings is 1. The SMILES string of the molecule is O=C(Cc1ccsc1)N1CCC2(CC1)COCCN2CC1CC1. The van der Waals surface area contributed by atoms with E-state index in [-0.39, 0.29) is 11.4 Å². The quantitative estimate of drug-likeness (QED) is 0.848. The molecule has 4 nitrogen and oxygen atoms in total. The number of rotatable bonds is 4. The van der Waals surface area contributed by atoms with Crippen molar-refractivity contribution >= 4 is 17.2 Å². The summed E-state index contributed by atoms with van der Waals surface area (Å²) in [4.78, 5) is 17.2. The Balaban J connectivity index is 1.35. The van der Waals surface area contributed by atoms with Gasteiger partial charge in [-0.2, -0.15) is 11.3 Å². The van der Waals surface area contributed by atoms with Crippen molar-refractivity contribution in [2.75, 3.05) is 39.4 Å². The van der Waals surface area contributed by atoms with Gasteiger partial charge in [0.05, 0.1) is 19.6 Å². The molecule has 0 aromatic carbocycles. The lowest BCUT2D eigenvalue weighted by Crippen LogP contribution is -2.62. The Morgan fingerprint density at radius 2 is 2.13 bits per heavy atom. The molecular weight excluding hydrogens is 308 g/mol. The average molecular weight is 334 g/mol. The molecule has 1 aromatic rings. The lowest BCUT2D eigenvalue weighted by atomic mass is 9.85. The van der Waals surface area contributed by atoms with E-state index in [4.69, 9.17) is 4.74 Å². The van der Waals surface area contributed by atoms with Crippen molar-refractivity contribution in [1.29, 1.82) is 0 Å². The largest absolute Gasteiger partial charge is 0.378 e. The monoisotopic (exact) mass is 334 g/mol. The first kappa shape index (κ1) is 15.6. The molecule has 1 aromatic heterocycles. The van der Waals surface area contributed by atoms with Gasteiger partial charge in [-0.3, -0.25) is 9.69 Å². The Kier molecular flexibility index (Phi) is 4.43. The van der Waals surface area contributed by atoms with Gasteiger partial charge in [0.25, 0.3) is 0 Å². The summed E-state index contributed by atoms with van der Waals surface area (Å²) in [6.07, 6.45) is 5.49. The molecule has 3 heterocycles. The summed E-state index contributed by atoms with van der Waals surface area (Å²) in [6, 6.07) is 2.06. The fourth-order valence-corrected chi connectivity index (χ4v) is 4.64. The van der Waals surface area contributed by atoms with E-state index < -0.39 is 0 Å². The predicted octanol–water partition coefficient (Wildman–Crippen LogP) is 2.39. The van der Waals surface area contributed by atoms with E-state index in [2.05, 4.69) is 21.2 Å². The Bertz CT molecular complexity index is 533. The highest BCUT2D eigenvalue weighted by Crippen LogP contribution is 2.37. The molecular formula is C18H26N2O2S. The topological polar surface area (TPSA) is 32.8 Å². The zero-order valence-corrected chi connectivity index (χ0v) is 14.5. The van der Waals surface area contributed by atoms with Crippen LogP contribution >= 0.6 is 11.3 Å². The third-order valence-electron chi connectivity index (χ3n) is 5.70. The number of morpholine rings is 1. The third-order valence-corrected chi connectivity index (χ3v) is 6.44. The van der Waals surface area contributed by atoms with Crippen molar-refractivity contribution < 1.29 is 9.53 Å². The van der Waals surface area contributed by atoms with Crippen LogP contribution in [0.3, 0.4) is 0 Å². The van der Waals surface area contributed by atoms with E-state index in [1.165, 1.54) is 19.4 Å². The summed E-state index contributed by atoms with van der Waals surface area (Å²) in [6.45, 7) is 5.80. The van der Waals surface area contributed by atoms with Crippen molar-refractivity contribution in [1.82, 2.24) is 9.80 Å². The number of hydrogen-bond donors (Lipinski definition) is 0. The number of likely N-dealkylation sites (tertiary alicyclic amines) is 1. The Labute approximate surface area is 142 Å². The molecule has 0 radical (unpaired) electrons. The highest BCUT2D eigenvalue weighted by atomic mass is 32.1. The van der Waals surface area contributed by atoms with E-state index in [0.29, 0.717) is 6.42 Å². The number of nitrogens with zero attached hydrogens (tertiary/aromatic N) is 2. The molecule has 0 unspecified atom stereocenters. The maximum absolute atomic E-state index is 12.5. The van der Waals surface area contributed by atoms with Crippen molar-refractivity contribution in [2.24, 2.45) is 5.92 Å². The number of amides is 1. The molecule has 1 aliphatic carbocycles. The first-order valence-corrected chi connectivity index (χ1v) is 9.81. The van der Waals surface area contributed by atoms with Gasteiger partial charge in [-0.05, 0) is 54.0 Å². The summed E-state index contributed by atoms with van der Waals surface area (Å²) < 4.78 is 5.83. The fraction of sp³-hybridized carbons (Fsp3) is 0.722. The minimum Gasteiger partial charge on any atom is -0.378 e. The second kappa shape index (κ2) is 6.54. The lowest BCUT2D eigenvalue weighted by Gasteiger charge is -2.51. The van der Waals surface area contributed by atoms with Gasteiger partial charge in [-0.1, -0.05) is 0 Å². The first-order valence-electron chi connectivity index (χ1n) is 8.87. The number of carbonyl (C=O) groups excluding carboxylic acids is 1. The van der Waals surface area contributed by atoms with Gasteiger partial charge in [0.15, 0.2) is 0 Å². The van der Waals surface area contributed by atoms with Crippen LogP contribution in [-0.4, -0.2) is 60.6 Å². The van der Waals surface area contributed by atoms with E-state index >= 15 is 0 Å². The predicted molar refractivity (Wildman–Crippen MR) is 91.7 cm³/mol. The summed E-state index contributed by atoms with van der Waals surface area (Å²) in [7, 11) is 0. The maximum Gasteiger partial charge on any atom is 0.227 e. The van der Waals surface area contributed by atoms with Crippen molar-refractivity contribution in [3.05, 3.63) is 22.4 Å². The zero-order chi connectivity index (χ0) is 15.7. The molecule has 0 bridgehead atoms. The molecule has 4 rings (SSSR count). The van der Waals surface area contributed by atoms with Crippen LogP contribution in [0.25, 0.3) is 0 Å². The van der Waals surface area contributed by atoms with E-state index in [0.717, 1.165) is 57.2 Å². The Hall–Kier alpha value is -0.910. The summed E-state index contributed by atoms with van der Waals surface area (Å²) in [5.74, 6) is 1.20. The summed E-state index contributed by atoms with van der Waals surface area (Å²) in [5, 5.41) is 4.12. The maximum atomic E-state index is 12.5. The molecule has 1 saturated carbocycles. The highest BCUT2D eigenvalue weighted by Gasteiger charge is 2.44. The van der Waals surface area contributed by atoms with Crippen LogP contribution < -0.4 is 0 Å². The number of thiophene rings is 1. The molecule has 2 aliphatic heterocycles. The first-order chi connectivity index (χ1) is 11.3. The molecule has 3 fully saturated rings. The van der Waals surface area contributed by atoms with Crippen LogP contribution in [-0.2, 0) is 16.0 Å². The normalized spacial score (nSPS) is 25.0. The van der Waals surface area contributed by atoms with Gasteiger partial charge in [-0.15, -0.1) is 0 Å². The zero-order valence-electron chi connectivity index (χ0n) is 13.7. The molecule has 23 heavy (non-hydrogen) atoms. The van der Waals surface area contributed by atoms with Crippen molar-refractivity contribution in [3.63, 3.8) is 0 Å². The number of carbonyl (C=O) groups is 1. The third kappa shape index (κ3) is 3.47. The van der Waals surface area contributed by atoms with Crippen molar-refractivity contribution in [2.45, 2.75) is 37.6 Å². The fourth-order valence-electron chi connectivity index (χ4n) is 3.97. The molecule has 1 amide bonds. The number of hydrogen-bond acceptors (Lipinski definition) is 4. The molecule has 3 aliphatic rings. The van der Waals surface area contributed by atoms with E-state index in [1.54, 1.807) is 11.3 Å².